The van der Waals surface area contributed by atoms with Crippen molar-refractivity contribution in [2.75, 3.05) is 25.0 Å². The fraction of sp³-hybridized carbons (Fsp3) is 0.214. The first-order valence-electron chi connectivity index (χ1n) is 11.4. The van der Waals surface area contributed by atoms with Crippen molar-refractivity contribution < 1.29 is 13.9 Å². The zero-order chi connectivity index (χ0) is 23.8. The molecule has 6 nitrogen and oxygen atoms in total. The molecule has 4 aromatic rings. The maximum absolute atomic E-state index is 13.0. The summed E-state index contributed by atoms with van der Waals surface area (Å²) < 4.78 is 11.0. The Kier molecular flexibility index (Phi) is 7.60. The van der Waals surface area contributed by atoms with Crippen LogP contribution in [0.4, 0.5) is 5.69 Å². The Labute approximate surface area is 198 Å². The lowest BCUT2D eigenvalue weighted by Crippen LogP contribution is -2.36. The van der Waals surface area contributed by atoms with E-state index in [1.165, 1.54) is 6.07 Å². The van der Waals surface area contributed by atoms with E-state index in [-0.39, 0.29) is 12.5 Å². The Hall–Kier alpha value is -4.06. The fourth-order valence-corrected chi connectivity index (χ4v) is 3.79. The van der Waals surface area contributed by atoms with E-state index < -0.39 is 5.63 Å². The molecule has 0 unspecified atom stereocenters. The van der Waals surface area contributed by atoms with E-state index in [0.717, 1.165) is 22.2 Å². The molecular formula is C28H28N2O4. The summed E-state index contributed by atoms with van der Waals surface area (Å²) in [4.78, 5) is 26.7. The van der Waals surface area contributed by atoms with Gasteiger partial charge in [-0.3, -0.25) is 4.79 Å². The Morgan fingerprint density at radius 3 is 2.59 bits per heavy atom. The van der Waals surface area contributed by atoms with Crippen molar-refractivity contribution in [2.45, 2.75) is 19.9 Å². The third-order valence-corrected chi connectivity index (χ3v) is 5.49. The minimum absolute atomic E-state index is 0.0198. The molecule has 0 spiro atoms. The van der Waals surface area contributed by atoms with E-state index in [0.29, 0.717) is 37.4 Å². The molecule has 1 N–H and O–H groups in total. The molecule has 1 amide bonds. The highest BCUT2D eigenvalue weighted by molar-refractivity contribution is 5.89. The molecule has 0 fully saturated rings. The fourth-order valence-electron chi connectivity index (χ4n) is 3.79. The minimum atomic E-state index is -0.393. The van der Waals surface area contributed by atoms with Crippen LogP contribution in [0.3, 0.4) is 0 Å². The van der Waals surface area contributed by atoms with Gasteiger partial charge >= 0.3 is 5.63 Å². The van der Waals surface area contributed by atoms with Gasteiger partial charge in [-0.05, 0) is 48.7 Å². The lowest BCUT2D eigenvalue weighted by molar-refractivity contribution is -0.134. The largest absolute Gasteiger partial charge is 0.484 e. The number of hydrogen-bond donors (Lipinski definition) is 1. The average molecular weight is 457 g/mol. The van der Waals surface area contributed by atoms with E-state index >= 15 is 0 Å². The summed E-state index contributed by atoms with van der Waals surface area (Å²) in [6.07, 6.45) is 0.706. The number of aryl methyl sites for hydroxylation is 1. The van der Waals surface area contributed by atoms with Gasteiger partial charge in [-0.2, -0.15) is 0 Å². The van der Waals surface area contributed by atoms with Crippen molar-refractivity contribution in [1.82, 2.24) is 4.90 Å². The van der Waals surface area contributed by atoms with Crippen molar-refractivity contribution in [3.05, 3.63) is 106 Å². The molecule has 6 heteroatoms. The van der Waals surface area contributed by atoms with Crippen molar-refractivity contribution in [3.8, 4) is 5.75 Å². The number of anilines is 1. The van der Waals surface area contributed by atoms with Crippen molar-refractivity contribution in [3.63, 3.8) is 0 Å². The third-order valence-electron chi connectivity index (χ3n) is 5.49. The van der Waals surface area contributed by atoms with Gasteiger partial charge in [0.05, 0.1) is 5.69 Å². The second-order valence-corrected chi connectivity index (χ2v) is 8.16. The molecule has 174 valence electrons. The predicted molar refractivity (Wildman–Crippen MR) is 134 cm³/mol. The number of ether oxygens (including phenoxy) is 1. The second-order valence-electron chi connectivity index (χ2n) is 8.16. The van der Waals surface area contributed by atoms with E-state index in [1.807, 2.05) is 84.6 Å². The molecule has 4 rings (SSSR count). The summed E-state index contributed by atoms with van der Waals surface area (Å²) in [5.74, 6) is 0.612. The summed E-state index contributed by atoms with van der Waals surface area (Å²) in [7, 11) is 0. The molecule has 3 aromatic carbocycles. The lowest BCUT2D eigenvalue weighted by Gasteiger charge is -2.23. The van der Waals surface area contributed by atoms with E-state index in [1.54, 1.807) is 6.07 Å². The van der Waals surface area contributed by atoms with Crippen molar-refractivity contribution in [2.24, 2.45) is 0 Å². The van der Waals surface area contributed by atoms with Crippen LogP contribution in [-0.2, 0) is 11.3 Å². The predicted octanol–water partition coefficient (Wildman–Crippen LogP) is 5.01. The van der Waals surface area contributed by atoms with Gasteiger partial charge in [-0.15, -0.1) is 0 Å². The lowest BCUT2D eigenvalue weighted by atomic mass is 10.2. The first-order chi connectivity index (χ1) is 16.6. The highest BCUT2D eigenvalue weighted by atomic mass is 16.5. The first-order valence-corrected chi connectivity index (χ1v) is 11.4. The monoisotopic (exact) mass is 456 g/mol. The highest BCUT2D eigenvalue weighted by Gasteiger charge is 2.15. The summed E-state index contributed by atoms with van der Waals surface area (Å²) in [6, 6.07) is 26.5. The molecule has 0 aliphatic rings. The van der Waals surface area contributed by atoms with Crippen molar-refractivity contribution >= 4 is 22.6 Å². The van der Waals surface area contributed by atoms with Crippen LogP contribution in [0.5, 0.6) is 5.75 Å². The molecule has 0 aliphatic heterocycles. The topological polar surface area (TPSA) is 71.8 Å². The van der Waals surface area contributed by atoms with Crippen LogP contribution in [0.25, 0.3) is 11.0 Å². The third kappa shape index (κ3) is 6.25. The molecule has 0 saturated heterocycles. The van der Waals surface area contributed by atoms with E-state index in [2.05, 4.69) is 5.32 Å². The smallest absolute Gasteiger partial charge is 0.338 e. The number of para-hydroxylation sites is 1. The van der Waals surface area contributed by atoms with Gasteiger partial charge in [0.15, 0.2) is 6.61 Å². The zero-order valence-corrected chi connectivity index (χ0v) is 19.2. The normalized spacial score (nSPS) is 10.7. The molecule has 1 aromatic heterocycles. The van der Waals surface area contributed by atoms with E-state index in [4.69, 9.17) is 9.15 Å². The Morgan fingerprint density at radius 1 is 0.971 bits per heavy atom. The summed E-state index contributed by atoms with van der Waals surface area (Å²) in [6.45, 7) is 3.63. The maximum atomic E-state index is 13.0. The number of rotatable bonds is 10. The Bertz CT molecular complexity index is 1300. The quantitative estimate of drug-likeness (QED) is 0.268. The molecule has 0 radical (unpaired) electrons. The van der Waals surface area contributed by atoms with Crippen molar-refractivity contribution in [1.29, 1.82) is 0 Å². The molecular weight excluding hydrogens is 428 g/mol. The summed E-state index contributed by atoms with van der Waals surface area (Å²) >= 11 is 0. The maximum Gasteiger partial charge on any atom is 0.338 e. The Morgan fingerprint density at radius 2 is 1.76 bits per heavy atom. The number of hydrogen-bond acceptors (Lipinski definition) is 5. The Balaban J connectivity index is 1.38. The van der Waals surface area contributed by atoms with Crippen LogP contribution in [0.15, 0.2) is 94.1 Å². The SMILES string of the molecule is Cc1cccc(OCC(=O)N(CCCNc2cc(=O)oc3ccccc23)Cc2ccccc2)c1. The molecule has 1 heterocycles. The van der Waals surface area contributed by atoms with E-state index in [9.17, 15) is 9.59 Å². The van der Waals surface area contributed by atoms with Gasteiger partial charge in [0.1, 0.15) is 11.3 Å². The van der Waals surface area contributed by atoms with Gasteiger partial charge < -0.3 is 19.4 Å². The number of nitrogens with one attached hydrogen (secondary N) is 1. The van der Waals surface area contributed by atoms with Gasteiger partial charge in [0, 0.05) is 31.1 Å². The number of fused-ring (bicyclic) bond motifs is 1. The number of nitrogens with zero attached hydrogens (tertiary/aromatic N) is 1. The number of amides is 1. The molecule has 34 heavy (non-hydrogen) atoms. The molecule has 0 saturated carbocycles. The molecule has 0 atom stereocenters. The number of carbonyl (C=O) groups excluding carboxylic acids is 1. The van der Waals surface area contributed by atoms with Crippen LogP contribution in [0, 0.1) is 6.92 Å². The first kappa shape index (κ1) is 23.1. The number of carbonyl (C=O) groups is 1. The van der Waals surface area contributed by atoms with Gasteiger partial charge in [-0.1, -0.05) is 54.6 Å². The molecule has 0 bridgehead atoms. The second kappa shape index (κ2) is 11.2. The van der Waals surface area contributed by atoms with Crippen LogP contribution in [0.1, 0.15) is 17.5 Å². The summed E-state index contributed by atoms with van der Waals surface area (Å²) in [5.41, 5.74) is 3.03. The number of benzene rings is 3. The van der Waals surface area contributed by atoms with Gasteiger partial charge in [-0.25, -0.2) is 4.79 Å². The average Bonchev–Trinajstić information content (AvgIpc) is 2.85. The standard InChI is InChI=1S/C28H28N2O4/c1-21-9-7-12-23(17-21)33-20-27(31)30(19-22-10-3-2-4-11-22)16-8-15-29-25-18-28(32)34-26-14-6-5-13-24(25)26/h2-7,9-14,17-18,29H,8,15-16,19-20H2,1H3. The highest BCUT2D eigenvalue weighted by Crippen LogP contribution is 2.21. The summed E-state index contributed by atoms with van der Waals surface area (Å²) in [5, 5.41) is 4.17. The van der Waals surface area contributed by atoms with Gasteiger partial charge in [0.2, 0.25) is 0 Å². The van der Waals surface area contributed by atoms with Crippen LogP contribution in [-0.4, -0.2) is 30.5 Å². The van der Waals surface area contributed by atoms with Gasteiger partial charge in [0.25, 0.3) is 5.91 Å². The van der Waals surface area contributed by atoms with Crippen LogP contribution in [0.2, 0.25) is 0 Å². The zero-order valence-electron chi connectivity index (χ0n) is 19.2. The van der Waals surface area contributed by atoms with Crippen LogP contribution < -0.4 is 15.7 Å². The minimum Gasteiger partial charge on any atom is -0.484 e. The van der Waals surface area contributed by atoms with Crippen LogP contribution >= 0.6 is 0 Å². The molecule has 0 aliphatic carbocycles.